The Labute approximate surface area is 75.6 Å². The zero-order valence-electron chi connectivity index (χ0n) is 3.44. The smallest absolute Gasteiger partial charge is 2.00 e. The van der Waals surface area contributed by atoms with Crippen molar-refractivity contribution in [3.8, 4) is 0 Å². The molecule has 5 heteroatoms. The summed E-state index contributed by atoms with van der Waals surface area (Å²) in [6, 6.07) is 0. The molecular weight excluding hydrogens is 196 g/mol. The summed E-state index contributed by atoms with van der Waals surface area (Å²) in [5.74, 6) is 0. The average Bonchev–Trinajstić information content (AvgIpc) is 0. The van der Waals surface area contributed by atoms with Gasteiger partial charge < -0.3 is 6.90 Å². The molecule has 34 valence electrons. The van der Waals surface area contributed by atoms with Gasteiger partial charge in [-0.2, -0.15) is 0 Å². The van der Waals surface area contributed by atoms with E-state index in [9.17, 15) is 0 Å². The van der Waals surface area contributed by atoms with Crippen LogP contribution in [-0.2, 0) is 55.8 Å². The number of hydrogen-bond acceptors (Lipinski definition) is 0. The molecule has 0 aromatic heterocycles. The van der Waals surface area contributed by atoms with Crippen molar-refractivity contribution in [3.63, 3.8) is 0 Å². The van der Waals surface area contributed by atoms with Crippen LogP contribution in [0.5, 0.6) is 0 Å². The summed E-state index contributed by atoms with van der Waals surface area (Å²) in [7, 11) is 0. The molecule has 0 bridgehead atoms. The van der Waals surface area contributed by atoms with Crippen molar-refractivity contribution >= 4 is 0 Å². The van der Waals surface area contributed by atoms with Gasteiger partial charge >= 0.3 is 35.9 Å². The molecule has 0 saturated heterocycles. The third-order valence-electron chi connectivity index (χ3n) is 0. The van der Waals surface area contributed by atoms with Gasteiger partial charge in [-0.1, -0.05) is 0 Å². The molecule has 0 amide bonds. The summed E-state index contributed by atoms with van der Waals surface area (Å²) in [4.78, 5) is 0. The second-order valence-electron chi connectivity index (χ2n) is 0. The largest absolute Gasteiger partial charge is 2.00 e. The first-order valence-corrected chi connectivity index (χ1v) is 0. The fourth-order valence-corrected chi connectivity index (χ4v) is 0. The molecule has 0 spiro atoms. The normalized spacial score (nSPS) is 0. The fourth-order valence-electron chi connectivity index (χ4n) is 0. The maximum Gasteiger partial charge on any atom is 2.00 e. The van der Waals surface area contributed by atoms with Gasteiger partial charge in [0, 0.05) is 33.3 Å². The van der Waals surface area contributed by atoms with Crippen molar-refractivity contribution in [1.82, 2.24) is 0 Å². The quantitative estimate of drug-likeness (QED) is 0.370. The number of hydrogen-bond donors (Lipinski definition) is 0. The molecule has 0 heterocycles. The molecule has 0 aliphatic carbocycles. The monoisotopic (exact) mass is 196 g/mol. The van der Waals surface area contributed by atoms with Gasteiger partial charge in [0.15, 0.2) is 0 Å². The Hall–Kier alpha value is 2.08. The van der Waals surface area contributed by atoms with Gasteiger partial charge in [0.25, 0.3) is 0 Å². The molecule has 2 radical (unpaired) electrons. The van der Waals surface area contributed by atoms with E-state index >= 15 is 0 Å². The van der Waals surface area contributed by atoms with E-state index in [0.29, 0.717) is 0 Å². The topological polar surface area (TPSA) is 28.5 Å². The molecule has 0 aromatic carbocycles. The second kappa shape index (κ2) is 36.3. The Kier molecular flexibility index (Phi) is 440. The molecule has 0 atom stereocenters. The zero-order valence-corrected chi connectivity index (χ0v) is 5.64. The molecule has 0 aliphatic heterocycles. The Morgan fingerprint density at radius 3 is 1.20 bits per heavy atom. The van der Waals surface area contributed by atoms with E-state index in [4.69, 9.17) is 0 Å². The van der Waals surface area contributed by atoms with Gasteiger partial charge in [-0.25, -0.2) is 0 Å². The van der Waals surface area contributed by atoms with E-state index in [0.717, 1.165) is 0 Å². The van der Waals surface area contributed by atoms with Gasteiger partial charge in [0.05, 0.1) is 0 Å². The average molecular weight is 197 g/mol. The standard InChI is InChI=1S/Co.Li.Mn.Ni.O.H/q;+1;+2;;-2;-1. The van der Waals surface area contributed by atoms with E-state index < -0.39 is 0 Å². The van der Waals surface area contributed by atoms with E-state index in [1.165, 1.54) is 0 Å². The SMILES string of the molecule is [Co].[H-].[Li+].[Mn+2].[Ni].[O-2]. The van der Waals surface area contributed by atoms with Crippen LogP contribution in [0, 0.1) is 0 Å². The molecule has 0 saturated carbocycles. The van der Waals surface area contributed by atoms with Gasteiger partial charge in [-0.05, 0) is 0 Å². The minimum atomic E-state index is 0. The summed E-state index contributed by atoms with van der Waals surface area (Å²) >= 11 is 0. The van der Waals surface area contributed by atoms with Crippen LogP contribution >= 0.6 is 0 Å². The van der Waals surface area contributed by atoms with Crippen LogP contribution in [-0.4, -0.2) is 0 Å². The summed E-state index contributed by atoms with van der Waals surface area (Å²) in [5.41, 5.74) is 0. The molecule has 0 aliphatic rings. The van der Waals surface area contributed by atoms with Crippen LogP contribution in [0.15, 0.2) is 0 Å². The van der Waals surface area contributed by atoms with Gasteiger partial charge in [0.1, 0.15) is 0 Å². The first-order valence-electron chi connectivity index (χ1n) is 0. The van der Waals surface area contributed by atoms with Crippen molar-refractivity contribution in [3.05, 3.63) is 0 Å². The van der Waals surface area contributed by atoms with Crippen molar-refractivity contribution < 1.29 is 76.1 Å². The molecule has 0 rings (SSSR count). The van der Waals surface area contributed by atoms with Crippen molar-refractivity contribution in [1.29, 1.82) is 0 Å². The molecular formula is HCoLiMnNiO. The Morgan fingerprint density at radius 1 is 1.20 bits per heavy atom. The van der Waals surface area contributed by atoms with Crippen LogP contribution < -0.4 is 18.9 Å². The van der Waals surface area contributed by atoms with E-state index in [-0.39, 0.29) is 76.1 Å². The van der Waals surface area contributed by atoms with Crippen molar-refractivity contribution in [2.24, 2.45) is 0 Å². The second-order valence-corrected chi connectivity index (χ2v) is 0. The van der Waals surface area contributed by atoms with Gasteiger partial charge in [-0.15, -0.1) is 0 Å². The van der Waals surface area contributed by atoms with Crippen molar-refractivity contribution in [2.75, 3.05) is 0 Å². The third kappa shape index (κ3) is 23.4. The van der Waals surface area contributed by atoms with E-state index in [1.807, 2.05) is 0 Å². The predicted octanol–water partition coefficient (Wildman–Crippen LogP) is -3.01. The molecule has 0 unspecified atom stereocenters. The molecule has 1 nitrogen and oxygen atoms in total. The Morgan fingerprint density at radius 2 is 1.20 bits per heavy atom. The predicted molar refractivity (Wildman–Crippen MR) is 1.80 cm³/mol. The minimum absolute atomic E-state index is 0. The Bertz CT molecular complexity index is 15.5. The summed E-state index contributed by atoms with van der Waals surface area (Å²) in [5, 5.41) is 0. The molecule has 0 N–H and O–H groups in total. The maximum absolute atomic E-state index is 0. The van der Waals surface area contributed by atoms with E-state index in [2.05, 4.69) is 0 Å². The molecule has 0 fully saturated rings. The minimum Gasteiger partial charge on any atom is -2.00 e. The van der Waals surface area contributed by atoms with Crippen LogP contribution in [0.4, 0.5) is 0 Å². The number of rotatable bonds is 0. The van der Waals surface area contributed by atoms with Gasteiger partial charge in [-0.3, -0.25) is 0 Å². The van der Waals surface area contributed by atoms with Crippen LogP contribution in [0.1, 0.15) is 1.43 Å². The van der Waals surface area contributed by atoms with Crippen LogP contribution in [0.25, 0.3) is 0 Å². The van der Waals surface area contributed by atoms with Crippen LogP contribution in [0.2, 0.25) is 0 Å². The first kappa shape index (κ1) is 60.6. The zero-order chi connectivity index (χ0) is 0. The van der Waals surface area contributed by atoms with Crippen molar-refractivity contribution in [2.45, 2.75) is 0 Å². The fraction of sp³-hybridized carbons (Fsp3) is 0. The summed E-state index contributed by atoms with van der Waals surface area (Å²) in [6.07, 6.45) is 0. The van der Waals surface area contributed by atoms with Crippen LogP contribution in [0.3, 0.4) is 0 Å². The Balaban J connectivity index is 0. The maximum atomic E-state index is 0. The first-order chi connectivity index (χ1) is 0. The van der Waals surface area contributed by atoms with Gasteiger partial charge in [0.2, 0.25) is 0 Å². The van der Waals surface area contributed by atoms with E-state index in [1.54, 1.807) is 0 Å². The molecule has 5 heavy (non-hydrogen) atoms. The third-order valence-corrected chi connectivity index (χ3v) is 0. The summed E-state index contributed by atoms with van der Waals surface area (Å²) in [6.45, 7) is 0. The summed E-state index contributed by atoms with van der Waals surface area (Å²) < 4.78 is 0. The molecule has 0 aromatic rings.